The number of oxazole rings is 1. The molecule has 2 aromatic rings. The molecule has 22 heavy (non-hydrogen) atoms. The van der Waals surface area contributed by atoms with Crippen LogP contribution in [0.25, 0.3) is 0 Å². The quantitative estimate of drug-likeness (QED) is 0.918. The van der Waals surface area contributed by atoms with Gasteiger partial charge in [-0.05, 0) is 25.1 Å². The summed E-state index contributed by atoms with van der Waals surface area (Å²) in [6, 6.07) is 4.02. The van der Waals surface area contributed by atoms with Crippen molar-refractivity contribution in [1.29, 1.82) is 0 Å². The molecule has 0 radical (unpaired) electrons. The van der Waals surface area contributed by atoms with E-state index in [0.717, 1.165) is 0 Å². The molecular weight excluding hydrogens is 307 g/mol. The van der Waals surface area contributed by atoms with Gasteiger partial charge in [0.15, 0.2) is 5.89 Å². The number of anilines is 1. The number of carbonyl (C=O) groups excluding carboxylic acids is 1. The van der Waals surface area contributed by atoms with Crippen LogP contribution < -0.4 is 5.32 Å². The summed E-state index contributed by atoms with van der Waals surface area (Å²) in [4.78, 5) is 16.4. The topological polar surface area (TPSA) is 55.1 Å². The number of benzene rings is 1. The fourth-order valence-electron chi connectivity index (χ4n) is 1.84. The third-order valence-electron chi connectivity index (χ3n) is 3.06. The average Bonchev–Trinajstić information content (AvgIpc) is 2.75. The summed E-state index contributed by atoms with van der Waals surface area (Å²) in [6.07, 6.45) is 0.0594. The smallest absolute Gasteiger partial charge is 0.232 e. The van der Waals surface area contributed by atoms with Crippen LogP contribution in [0.3, 0.4) is 0 Å². The van der Waals surface area contributed by atoms with Gasteiger partial charge in [-0.25, -0.2) is 9.37 Å². The number of hydrogen-bond acceptors (Lipinski definition) is 3. The van der Waals surface area contributed by atoms with Crippen LogP contribution in [-0.2, 0) is 16.6 Å². The lowest BCUT2D eigenvalue weighted by molar-refractivity contribution is -0.115. The van der Waals surface area contributed by atoms with E-state index in [1.807, 2.05) is 20.8 Å². The second-order valence-electron chi connectivity index (χ2n) is 6.13. The Morgan fingerprint density at radius 3 is 2.64 bits per heavy atom. The fraction of sp³-hybridized carbons (Fsp3) is 0.375. The Hall–Kier alpha value is -1.88. The molecule has 1 aromatic heterocycles. The van der Waals surface area contributed by atoms with Crippen molar-refractivity contribution in [2.45, 2.75) is 39.5 Å². The predicted octanol–water partition coefficient (Wildman–Crippen LogP) is 4.25. The number of amides is 1. The van der Waals surface area contributed by atoms with E-state index in [1.165, 1.54) is 18.2 Å². The molecule has 0 aliphatic carbocycles. The summed E-state index contributed by atoms with van der Waals surface area (Å²) < 4.78 is 18.8. The third kappa shape index (κ3) is 3.85. The van der Waals surface area contributed by atoms with E-state index in [4.69, 9.17) is 16.0 Å². The van der Waals surface area contributed by atoms with Crippen LogP contribution in [0.2, 0.25) is 5.02 Å². The van der Waals surface area contributed by atoms with Crippen molar-refractivity contribution in [2.24, 2.45) is 0 Å². The van der Waals surface area contributed by atoms with E-state index < -0.39 is 5.82 Å². The molecule has 0 saturated heterocycles. The van der Waals surface area contributed by atoms with Crippen LogP contribution in [0.5, 0.6) is 0 Å². The summed E-state index contributed by atoms with van der Waals surface area (Å²) in [7, 11) is 0. The van der Waals surface area contributed by atoms with E-state index in [1.54, 1.807) is 6.92 Å². The molecule has 0 aliphatic rings. The molecule has 0 fully saturated rings. The Balaban J connectivity index is 2.09. The van der Waals surface area contributed by atoms with Crippen molar-refractivity contribution in [2.75, 3.05) is 5.32 Å². The second-order valence-corrected chi connectivity index (χ2v) is 6.54. The molecule has 1 amide bonds. The maximum atomic E-state index is 13.1. The minimum Gasteiger partial charge on any atom is -0.444 e. The van der Waals surface area contributed by atoms with Gasteiger partial charge in [0.05, 0.1) is 17.1 Å². The number of aromatic nitrogens is 1. The van der Waals surface area contributed by atoms with Crippen molar-refractivity contribution < 1.29 is 13.6 Å². The van der Waals surface area contributed by atoms with Crippen molar-refractivity contribution in [3.8, 4) is 0 Å². The first-order valence-electron chi connectivity index (χ1n) is 6.88. The number of nitrogens with one attached hydrogen (secondary N) is 1. The van der Waals surface area contributed by atoms with Gasteiger partial charge in [0.25, 0.3) is 0 Å². The molecule has 6 heteroatoms. The molecule has 0 aliphatic heterocycles. The summed E-state index contributed by atoms with van der Waals surface area (Å²) in [6.45, 7) is 7.77. The zero-order valence-corrected chi connectivity index (χ0v) is 13.7. The number of carbonyl (C=O) groups is 1. The first kappa shape index (κ1) is 16.5. The summed E-state index contributed by atoms with van der Waals surface area (Å²) in [5.41, 5.74) is 0.908. The lowest BCUT2D eigenvalue weighted by Gasteiger charge is -2.12. The second kappa shape index (κ2) is 6.08. The molecule has 1 N–H and O–H groups in total. The Morgan fingerprint density at radius 1 is 1.41 bits per heavy atom. The molecule has 1 heterocycles. The highest BCUT2D eigenvalue weighted by molar-refractivity contribution is 6.31. The molecule has 0 atom stereocenters. The lowest BCUT2D eigenvalue weighted by atomic mass is 9.97. The van der Waals surface area contributed by atoms with Gasteiger partial charge in [0, 0.05) is 11.1 Å². The third-order valence-corrected chi connectivity index (χ3v) is 3.35. The van der Waals surface area contributed by atoms with Gasteiger partial charge in [0.2, 0.25) is 5.91 Å². The highest BCUT2D eigenvalue weighted by atomic mass is 35.5. The van der Waals surface area contributed by atoms with Gasteiger partial charge in [-0.1, -0.05) is 32.4 Å². The Labute approximate surface area is 133 Å². The van der Waals surface area contributed by atoms with Crippen LogP contribution in [-0.4, -0.2) is 10.9 Å². The van der Waals surface area contributed by atoms with Gasteiger partial charge in [-0.3, -0.25) is 4.79 Å². The van der Waals surface area contributed by atoms with E-state index >= 15 is 0 Å². The van der Waals surface area contributed by atoms with E-state index in [2.05, 4.69) is 10.3 Å². The number of halogens is 2. The van der Waals surface area contributed by atoms with E-state index in [9.17, 15) is 9.18 Å². The number of nitrogens with zero attached hydrogens (tertiary/aromatic N) is 1. The molecule has 2 rings (SSSR count). The highest BCUT2D eigenvalue weighted by Crippen LogP contribution is 2.24. The highest BCUT2D eigenvalue weighted by Gasteiger charge is 2.23. The van der Waals surface area contributed by atoms with Crippen molar-refractivity contribution >= 4 is 23.2 Å². The molecule has 0 spiro atoms. The van der Waals surface area contributed by atoms with Gasteiger partial charge in [0.1, 0.15) is 11.6 Å². The summed E-state index contributed by atoms with van der Waals surface area (Å²) in [5.74, 6) is 0.316. The van der Waals surface area contributed by atoms with Crippen molar-refractivity contribution in [1.82, 2.24) is 4.98 Å². The monoisotopic (exact) mass is 324 g/mol. The van der Waals surface area contributed by atoms with E-state index in [0.29, 0.717) is 23.0 Å². The Kier molecular flexibility index (Phi) is 4.56. The molecule has 4 nitrogen and oxygen atoms in total. The SMILES string of the molecule is Cc1nc(C(C)(C)C)oc1CC(=O)Nc1ccc(F)c(Cl)c1. The molecule has 1 aromatic carbocycles. The fourth-order valence-corrected chi connectivity index (χ4v) is 2.02. The lowest BCUT2D eigenvalue weighted by Crippen LogP contribution is -2.14. The normalized spacial score (nSPS) is 11.5. The van der Waals surface area contributed by atoms with Crippen LogP contribution in [0, 0.1) is 12.7 Å². The predicted molar refractivity (Wildman–Crippen MR) is 83.7 cm³/mol. The van der Waals surface area contributed by atoms with Crippen molar-refractivity contribution in [3.05, 3.63) is 46.4 Å². The van der Waals surface area contributed by atoms with Gasteiger partial charge in [-0.15, -0.1) is 0 Å². The van der Waals surface area contributed by atoms with Crippen LogP contribution in [0.4, 0.5) is 10.1 Å². The first-order valence-corrected chi connectivity index (χ1v) is 7.26. The molecular formula is C16H18ClFN2O2. The van der Waals surface area contributed by atoms with Gasteiger partial charge >= 0.3 is 0 Å². The van der Waals surface area contributed by atoms with Gasteiger partial charge < -0.3 is 9.73 Å². The minimum atomic E-state index is -0.527. The molecule has 0 bridgehead atoms. The Morgan fingerprint density at radius 2 is 2.09 bits per heavy atom. The minimum absolute atomic E-state index is 0.0383. The molecule has 0 unspecified atom stereocenters. The van der Waals surface area contributed by atoms with Gasteiger partial charge in [-0.2, -0.15) is 0 Å². The summed E-state index contributed by atoms with van der Waals surface area (Å²) in [5, 5.41) is 2.62. The average molecular weight is 325 g/mol. The van der Waals surface area contributed by atoms with Crippen LogP contribution >= 0.6 is 11.6 Å². The van der Waals surface area contributed by atoms with E-state index in [-0.39, 0.29) is 22.8 Å². The maximum Gasteiger partial charge on any atom is 0.232 e. The molecule has 118 valence electrons. The van der Waals surface area contributed by atoms with Crippen molar-refractivity contribution in [3.63, 3.8) is 0 Å². The van der Waals surface area contributed by atoms with Crippen LogP contribution in [0.15, 0.2) is 22.6 Å². The number of aryl methyl sites for hydroxylation is 1. The maximum absolute atomic E-state index is 13.1. The zero-order chi connectivity index (χ0) is 16.5. The Bertz CT molecular complexity index is 705. The number of rotatable bonds is 3. The molecule has 0 saturated carbocycles. The first-order chi connectivity index (χ1) is 10.2. The van der Waals surface area contributed by atoms with Crippen LogP contribution in [0.1, 0.15) is 38.1 Å². The number of hydrogen-bond donors (Lipinski definition) is 1. The summed E-state index contributed by atoms with van der Waals surface area (Å²) >= 11 is 5.68. The zero-order valence-electron chi connectivity index (χ0n) is 13.0. The standard InChI is InChI=1S/C16H18ClFN2O2/c1-9-13(22-15(19-9)16(2,3)4)8-14(21)20-10-5-6-12(18)11(17)7-10/h5-7H,8H2,1-4H3,(H,20,21). The largest absolute Gasteiger partial charge is 0.444 e.